The van der Waals surface area contributed by atoms with Crippen LogP contribution in [0.25, 0.3) is 10.2 Å². The third kappa shape index (κ3) is 5.99. The molecule has 1 heterocycles. The number of halogens is 1. The Balaban J connectivity index is 0.00000300. The van der Waals surface area contributed by atoms with E-state index in [0.29, 0.717) is 11.7 Å². The fourth-order valence-corrected chi connectivity index (χ4v) is 5.03. The molecule has 0 bridgehead atoms. The van der Waals surface area contributed by atoms with Crippen LogP contribution >= 0.6 is 23.7 Å². The first-order chi connectivity index (χ1) is 13.4. The Labute approximate surface area is 181 Å². The third-order valence-corrected chi connectivity index (χ3v) is 6.89. The molecule has 3 aromatic rings. The van der Waals surface area contributed by atoms with Crippen molar-refractivity contribution in [2.75, 3.05) is 37.8 Å². The SMILES string of the molecule is CN(C)CCCN(C(=O)CS(=O)(=O)c1ccccc1)c1nc2ccccc2s1.Cl. The maximum absolute atomic E-state index is 13.0. The van der Waals surface area contributed by atoms with Crippen molar-refractivity contribution in [3.8, 4) is 0 Å². The highest BCUT2D eigenvalue weighted by atomic mass is 35.5. The molecule has 0 aliphatic heterocycles. The summed E-state index contributed by atoms with van der Waals surface area (Å²) in [7, 11) is 0.215. The van der Waals surface area contributed by atoms with E-state index >= 15 is 0 Å². The molecular formula is C20H24ClN3O3S2. The zero-order chi connectivity index (χ0) is 20.1. The van der Waals surface area contributed by atoms with E-state index < -0.39 is 21.5 Å². The van der Waals surface area contributed by atoms with Crippen LogP contribution in [0, 0.1) is 0 Å². The normalized spacial score (nSPS) is 11.4. The summed E-state index contributed by atoms with van der Waals surface area (Å²) in [6, 6.07) is 15.7. The van der Waals surface area contributed by atoms with Gasteiger partial charge in [0.05, 0.1) is 15.1 Å². The number of para-hydroxylation sites is 1. The largest absolute Gasteiger partial charge is 0.309 e. The molecule has 156 valence electrons. The highest BCUT2D eigenvalue weighted by Crippen LogP contribution is 2.29. The number of aromatic nitrogens is 1. The summed E-state index contributed by atoms with van der Waals surface area (Å²) in [4.78, 5) is 21.2. The second kappa shape index (κ2) is 10.2. The molecule has 0 aliphatic rings. The summed E-state index contributed by atoms with van der Waals surface area (Å²) >= 11 is 1.40. The van der Waals surface area contributed by atoms with Gasteiger partial charge in [-0.05, 0) is 51.3 Å². The maximum Gasteiger partial charge on any atom is 0.244 e. The first-order valence-corrected chi connectivity index (χ1v) is 11.4. The molecular weight excluding hydrogens is 430 g/mol. The van der Waals surface area contributed by atoms with Crippen LogP contribution in [0.3, 0.4) is 0 Å². The second-order valence-corrected chi connectivity index (χ2v) is 9.74. The number of amides is 1. The Hall–Kier alpha value is -2.00. The number of rotatable bonds is 8. The van der Waals surface area contributed by atoms with Crippen molar-refractivity contribution in [2.24, 2.45) is 0 Å². The molecule has 0 atom stereocenters. The second-order valence-electron chi connectivity index (χ2n) is 6.74. The molecule has 29 heavy (non-hydrogen) atoms. The topological polar surface area (TPSA) is 70.6 Å². The van der Waals surface area contributed by atoms with Crippen LogP contribution in [-0.4, -0.2) is 57.1 Å². The van der Waals surface area contributed by atoms with Crippen molar-refractivity contribution in [3.63, 3.8) is 0 Å². The molecule has 1 amide bonds. The van der Waals surface area contributed by atoms with E-state index in [4.69, 9.17) is 0 Å². The Kier molecular flexibility index (Phi) is 8.15. The quantitative estimate of drug-likeness (QED) is 0.522. The first-order valence-electron chi connectivity index (χ1n) is 8.95. The van der Waals surface area contributed by atoms with Crippen LogP contribution in [0.2, 0.25) is 0 Å². The molecule has 9 heteroatoms. The number of thiazole rings is 1. The Morgan fingerprint density at radius 1 is 1.00 bits per heavy atom. The van der Waals surface area contributed by atoms with E-state index in [1.807, 2.05) is 43.3 Å². The number of nitrogens with zero attached hydrogens (tertiary/aromatic N) is 3. The molecule has 0 radical (unpaired) electrons. The highest BCUT2D eigenvalue weighted by molar-refractivity contribution is 7.92. The van der Waals surface area contributed by atoms with Gasteiger partial charge in [-0.1, -0.05) is 41.7 Å². The number of anilines is 1. The predicted molar refractivity (Wildman–Crippen MR) is 121 cm³/mol. The van der Waals surface area contributed by atoms with Crippen molar-refractivity contribution in [1.29, 1.82) is 0 Å². The van der Waals surface area contributed by atoms with Crippen LogP contribution in [0.4, 0.5) is 5.13 Å². The minimum absolute atomic E-state index is 0. The molecule has 0 spiro atoms. The minimum Gasteiger partial charge on any atom is -0.309 e. The lowest BCUT2D eigenvalue weighted by Gasteiger charge is -2.21. The van der Waals surface area contributed by atoms with E-state index in [1.165, 1.54) is 28.4 Å². The number of benzene rings is 2. The summed E-state index contributed by atoms with van der Waals surface area (Å²) < 4.78 is 26.3. The van der Waals surface area contributed by atoms with Gasteiger partial charge in [-0.3, -0.25) is 9.69 Å². The molecule has 0 fully saturated rings. The molecule has 3 rings (SSSR count). The van der Waals surface area contributed by atoms with Gasteiger partial charge < -0.3 is 4.90 Å². The van der Waals surface area contributed by atoms with Crippen LogP contribution in [0.15, 0.2) is 59.5 Å². The van der Waals surface area contributed by atoms with Gasteiger partial charge in [0.2, 0.25) is 5.91 Å². The lowest BCUT2D eigenvalue weighted by molar-refractivity contribution is -0.116. The smallest absolute Gasteiger partial charge is 0.244 e. The number of carbonyl (C=O) groups excluding carboxylic acids is 1. The van der Waals surface area contributed by atoms with E-state index in [9.17, 15) is 13.2 Å². The van der Waals surface area contributed by atoms with Crippen LogP contribution in [0.5, 0.6) is 0 Å². The average Bonchev–Trinajstić information content (AvgIpc) is 3.09. The predicted octanol–water partition coefficient (Wildman–Crippen LogP) is 3.48. The van der Waals surface area contributed by atoms with Crippen molar-refractivity contribution in [3.05, 3.63) is 54.6 Å². The van der Waals surface area contributed by atoms with Crippen molar-refractivity contribution >= 4 is 54.8 Å². The molecule has 6 nitrogen and oxygen atoms in total. The van der Waals surface area contributed by atoms with E-state index in [-0.39, 0.29) is 17.3 Å². The molecule has 0 saturated heterocycles. The van der Waals surface area contributed by atoms with E-state index in [1.54, 1.807) is 18.2 Å². The van der Waals surface area contributed by atoms with Gasteiger partial charge in [0.15, 0.2) is 15.0 Å². The van der Waals surface area contributed by atoms with Gasteiger partial charge in [-0.2, -0.15) is 0 Å². The standard InChI is InChI=1S/C20H23N3O3S2.ClH/c1-22(2)13-8-14-23(20-21-17-11-6-7-12-18(17)27-20)19(24)15-28(25,26)16-9-4-3-5-10-16;/h3-7,9-12H,8,13-15H2,1-2H3;1H. The lowest BCUT2D eigenvalue weighted by Crippen LogP contribution is -2.37. The molecule has 1 aromatic heterocycles. The van der Waals surface area contributed by atoms with Gasteiger partial charge in [0.25, 0.3) is 0 Å². The summed E-state index contributed by atoms with van der Waals surface area (Å²) in [5.41, 5.74) is 0.804. The summed E-state index contributed by atoms with van der Waals surface area (Å²) in [5.74, 6) is -1.03. The highest BCUT2D eigenvalue weighted by Gasteiger charge is 2.26. The van der Waals surface area contributed by atoms with Gasteiger partial charge >= 0.3 is 0 Å². The first kappa shape index (κ1) is 23.3. The number of hydrogen-bond donors (Lipinski definition) is 0. The fourth-order valence-electron chi connectivity index (χ4n) is 2.80. The van der Waals surface area contributed by atoms with Gasteiger partial charge in [-0.15, -0.1) is 12.4 Å². The van der Waals surface area contributed by atoms with Crippen LogP contribution < -0.4 is 4.90 Å². The average molecular weight is 454 g/mol. The van der Waals surface area contributed by atoms with Gasteiger partial charge in [0, 0.05) is 6.54 Å². The number of hydrogen-bond acceptors (Lipinski definition) is 6. The number of sulfone groups is 1. The zero-order valence-corrected chi connectivity index (χ0v) is 18.8. The summed E-state index contributed by atoms with van der Waals surface area (Å²) in [6.07, 6.45) is 0.722. The monoisotopic (exact) mass is 453 g/mol. The van der Waals surface area contributed by atoms with Gasteiger partial charge in [-0.25, -0.2) is 13.4 Å². The molecule has 2 aromatic carbocycles. The van der Waals surface area contributed by atoms with E-state index in [2.05, 4.69) is 4.98 Å². The summed E-state index contributed by atoms with van der Waals surface area (Å²) in [6.45, 7) is 1.21. The molecule has 0 unspecified atom stereocenters. The Morgan fingerprint density at radius 2 is 1.66 bits per heavy atom. The summed E-state index contributed by atoms with van der Waals surface area (Å²) in [5, 5.41) is 0.535. The third-order valence-electron chi connectivity index (χ3n) is 4.22. The van der Waals surface area contributed by atoms with Crippen molar-refractivity contribution < 1.29 is 13.2 Å². The van der Waals surface area contributed by atoms with Crippen molar-refractivity contribution in [1.82, 2.24) is 9.88 Å². The molecule has 0 saturated carbocycles. The fraction of sp³-hybridized carbons (Fsp3) is 0.300. The van der Waals surface area contributed by atoms with Gasteiger partial charge in [0.1, 0.15) is 5.75 Å². The van der Waals surface area contributed by atoms with Crippen LogP contribution in [-0.2, 0) is 14.6 Å². The Morgan fingerprint density at radius 3 is 2.31 bits per heavy atom. The minimum atomic E-state index is -3.71. The number of fused-ring (bicyclic) bond motifs is 1. The lowest BCUT2D eigenvalue weighted by atomic mass is 10.3. The Bertz CT molecular complexity index is 1020. The maximum atomic E-state index is 13.0. The van der Waals surface area contributed by atoms with Crippen molar-refractivity contribution in [2.45, 2.75) is 11.3 Å². The molecule has 0 aliphatic carbocycles. The zero-order valence-electron chi connectivity index (χ0n) is 16.3. The van der Waals surface area contributed by atoms with Crippen LogP contribution in [0.1, 0.15) is 6.42 Å². The van der Waals surface area contributed by atoms with E-state index in [0.717, 1.165) is 23.2 Å². The molecule has 0 N–H and O–H groups in total. The number of carbonyl (C=O) groups is 1.